The summed E-state index contributed by atoms with van der Waals surface area (Å²) in [6, 6.07) is 0. The van der Waals surface area contributed by atoms with Gasteiger partial charge in [-0.2, -0.15) is 0 Å². The Morgan fingerprint density at radius 2 is 1.62 bits per heavy atom. The first-order valence-corrected chi connectivity index (χ1v) is 12.9. The third kappa shape index (κ3) is 3.50. The molecule has 2 saturated carbocycles. The van der Waals surface area contributed by atoms with E-state index in [1.807, 2.05) is 0 Å². The fourth-order valence-electron chi connectivity index (χ4n) is 5.50. The lowest BCUT2D eigenvalue weighted by atomic mass is 9.46. The van der Waals surface area contributed by atoms with Gasteiger partial charge in [-0.05, 0) is 67.5 Å². The zero-order valence-electron chi connectivity index (χ0n) is 17.8. The highest BCUT2D eigenvalue weighted by atomic mass is 28.4. The van der Waals surface area contributed by atoms with Crippen LogP contribution in [0.1, 0.15) is 80.6 Å². The minimum Gasteiger partial charge on any atom is -0.416 e. The molecule has 0 radical (unpaired) electrons. The van der Waals surface area contributed by atoms with Crippen LogP contribution in [0.2, 0.25) is 18.1 Å². The molecule has 1 N–H and O–H groups in total. The lowest BCUT2D eigenvalue weighted by Crippen LogP contribution is -2.59. The maximum atomic E-state index is 11.2. The first kappa shape index (κ1) is 20.4. The molecule has 0 spiro atoms. The summed E-state index contributed by atoms with van der Waals surface area (Å²) >= 11 is 0. The van der Waals surface area contributed by atoms with Crippen molar-refractivity contribution in [2.45, 2.75) is 104 Å². The Kier molecular flexibility index (Phi) is 5.19. The molecule has 0 unspecified atom stereocenters. The van der Waals surface area contributed by atoms with Crippen molar-refractivity contribution >= 4 is 8.32 Å². The molecule has 0 heterocycles. The van der Waals surface area contributed by atoms with Crippen molar-refractivity contribution in [2.24, 2.45) is 22.7 Å². The topological polar surface area (TPSA) is 29.5 Å². The maximum absolute atomic E-state index is 11.2. The zero-order chi connectivity index (χ0) is 18.6. The molecule has 2 nitrogen and oxygen atoms in total. The van der Waals surface area contributed by atoms with E-state index in [1.54, 1.807) is 0 Å². The van der Waals surface area contributed by atoms with E-state index < -0.39 is 13.9 Å². The number of hydrogen-bond acceptors (Lipinski definition) is 2. The predicted octanol–water partition coefficient (Wildman–Crippen LogP) is 6.00. The molecule has 142 valence electrons. The predicted molar refractivity (Wildman–Crippen MR) is 106 cm³/mol. The minimum absolute atomic E-state index is 0.200. The summed E-state index contributed by atoms with van der Waals surface area (Å²) in [5.74, 6) is 0.949. The van der Waals surface area contributed by atoms with Gasteiger partial charge in [0.15, 0.2) is 8.32 Å². The fourth-order valence-corrected chi connectivity index (χ4v) is 6.52. The summed E-state index contributed by atoms with van der Waals surface area (Å²) in [6.07, 6.45) is 5.93. The molecule has 0 saturated heterocycles. The molecular weight excluding hydrogens is 312 g/mol. The second kappa shape index (κ2) is 6.09. The molecule has 2 fully saturated rings. The van der Waals surface area contributed by atoms with Crippen molar-refractivity contribution in [3.05, 3.63) is 0 Å². The van der Waals surface area contributed by atoms with Crippen LogP contribution in [0.4, 0.5) is 0 Å². The van der Waals surface area contributed by atoms with E-state index in [0.29, 0.717) is 11.3 Å². The van der Waals surface area contributed by atoms with Gasteiger partial charge >= 0.3 is 0 Å². The Morgan fingerprint density at radius 1 is 1.04 bits per heavy atom. The molecule has 4 atom stereocenters. The van der Waals surface area contributed by atoms with Crippen molar-refractivity contribution in [2.75, 3.05) is 6.61 Å². The van der Waals surface area contributed by atoms with E-state index in [9.17, 15) is 5.11 Å². The first-order chi connectivity index (χ1) is 10.6. The highest BCUT2D eigenvalue weighted by molar-refractivity contribution is 6.74. The zero-order valence-corrected chi connectivity index (χ0v) is 18.8. The molecule has 2 aliphatic rings. The monoisotopic (exact) mass is 354 g/mol. The highest BCUT2D eigenvalue weighted by Crippen LogP contribution is 2.62. The third-order valence-corrected chi connectivity index (χ3v) is 12.7. The molecule has 0 aliphatic heterocycles. The molecule has 0 aromatic rings. The third-order valence-electron chi connectivity index (χ3n) is 8.18. The Morgan fingerprint density at radius 3 is 2.17 bits per heavy atom. The molecule has 2 rings (SSSR count). The summed E-state index contributed by atoms with van der Waals surface area (Å²) in [7, 11) is -1.79. The molecule has 0 aromatic heterocycles. The van der Waals surface area contributed by atoms with Crippen LogP contribution in [0.15, 0.2) is 0 Å². The number of aliphatic hydroxyl groups is 1. The van der Waals surface area contributed by atoms with Gasteiger partial charge < -0.3 is 9.53 Å². The average Bonchev–Trinajstić information content (AvgIpc) is 2.34. The van der Waals surface area contributed by atoms with Gasteiger partial charge in [0, 0.05) is 12.5 Å². The van der Waals surface area contributed by atoms with Crippen LogP contribution in [0.5, 0.6) is 0 Å². The van der Waals surface area contributed by atoms with Crippen molar-refractivity contribution in [1.29, 1.82) is 0 Å². The van der Waals surface area contributed by atoms with Gasteiger partial charge in [-0.15, -0.1) is 0 Å². The van der Waals surface area contributed by atoms with Crippen LogP contribution in [-0.2, 0) is 4.43 Å². The molecule has 2 aliphatic carbocycles. The number of hydrogen-bond donors (Lipinski definition) is 1. The SMILES string of the molecule is CC1(C)CCC[C@]2(C)[C@@H](CO[Si](C)(C)C(C)(C)C)[C@](C)(O)CC[C@@H]12. The number of rotatable bonds is 3. The van der Waals surface area contributed by atoms with E-state index in [2.05, 4.69) is 61.6 Å². The Labute approximate surface area is 151 Å². The fraction of sp³-hybridized carbons (Fsp3) is 1.00. The largest absolute Gasteiger partial charge is 0.416 e. The molecule has 0 amide bonds. The molecular formula is C21H42O2Si. The lowest BCUT2D eigenvalue weighted by Gasteiger charge is -2.61. The van der Waals surface area contributed by atoms with Crippen LogP contribution < -0.4 is 0 Å². The smallest absolute Gasteiger partial charge is 0.191 e. The summed E-state index contributed by atoms with van der Waals surface area (Å²) in [6.45, 7) is 21.7. The maximum Gasteiger partial charge on any atom is 0.191 e. The molecule has 3 heteroatoms. The molecule has 0 bridgehead atoms. The Bertz CT molecular complexity index is 461. The molecule has 24 heavy (non-hydrogen) atoms. The van der Waals surface area contributed by atoms with Crippen molar-refractivity contribution in [3.8, 4) is 0 Å². The summed E-state index contributed by atoms with van der Waals surface area (Å²) in [4.78, 5) is 0. The van der Waals surface area contributed by atoms with E-state index in [1.165, 1.54) is 19.3 Å². The van der Waals surface area contributed by atoms with E-state index in [0.717, 1.165) is 19.4 Å². The second-order valence-corrected chi connectivity index (χ2v) is 16.2. The average molecular weight is 355 g/mol. The van der Waals surface area contributed by atoms with E-state index in [4.69, 9.17) is 4.43 Å². The molecule has 0 aromatic carbocycles. The van der Waals surface area contributed by atoms with Gasteiger partial charge in [0.25, 0.3) is 0 Å². The van der Waals surface area contributed by atoms with E-state index in [-0.39, 0.29) is 16.4 Å². The van der Waals surface area contributed by atoms with Gasteiger partial charge in [0.05, 0.1) is 5.60 Å². The van der Waals surface area contributed by atoms with Crippen LogP contribution in [0.25, 0.3) is 0 Å². The number of fused-ring (bicyclic) bond motifs is 1. The van der Waals surface area contributed by atoms with Gasteiger partial charge in [0.2, 0.25) is 0 Å². The van der Waals surface area contributed by atoms with Crippen LogP contribution >= 0.6 is 0 Å². The second-order valence-electron chi connectivity index (χ2n) is 11.4. The van der Waals surface area contributed by atoms with Crippen LogP contribution in [-0.4, -0.2) is 25.6 Å². The summed E-state index contributed by atoms with van der Waals surface area (Å²) in [5, 5.41) is 11.5. The lowest BCUT2D eigenvalue weighted by molar-refractivity contribution is -0.177. The standard InChI is InChI=1S/C21H42O2Si/c1-18(2,3)24(8,9)23-15-17-20(6)13-10-12-19(4,5)16(20)11-14-21(17,7)22/h16-17,22H,10-15H2,1-9H3/t16-,17+,20-,21+/m0/s1. The van der Waals surface area contributed by atoms with Crippen LogP contribution in [0.3, 0.4) is 0 Å². The highest BCUT2D eigenvalue weighted by Gasteiger charge is 2.58. The first-order valence-electron chi connectivity index (χ1n) is 10.00. The van der Waals surface area contributed by atoms with Gasteiger partial charge in [0.1, 0.15) is 0 Å². The summed E-state index contributed by atoms with van der Waals surface area (Å²) in [5.41, 5.74) is -0.00831. The van der Waals surface area contributed by atoms with Crippen molar-refractivity contribution < 1.29 is 9.53 Å². The Hall–Kier alpha value is 0.137. The summed E-state index contributed by atoms with van der Waals surface area (Å²) < 4.78 is 6.63. The minimum atomic E-state index is -1.79. The van der Waals surface area contributed by atoms with Crippen molar-refractivity contribution in [1.82, 2.24) is 0 Å². The normalized spacial score (nSPS) is 40.2. The van der Waals surface area contributed by atoms with E-state index >= 15 is 0 Å². The Balaban J connectivity index is 2.27. The van der Waals surface area contributed by atoms with Crippen LogP contribution in [0, 0.1) is 22.7 Å². The van der Waals surface area contributed by atoms with Gasteiger partial charge in [-0.1, -0.05) is 48.0 Å². The quantitative estimate of drug-likeness (QED) is 0.630. The van der Waals surface area contributed by atoms with Crippen molar-refractivity contribution in [3.63, 3.8) is 0 Å². The van der Waals surface area contributed by atoms with Gasteiger partial charge in [-0.25, -0.2) is 0 Å². The van der Waals surface area contributed by atoms with Gasteiger partial charge in [-0.3, -0.25) is 0 Å².